The number of halogens is 1. The molecule has 2 aromatic rings. The first-order chi connectivity index (χ1) is 8.15. The van der Waals surface area contributed by atoms with E-state index in [2.05, 4.69) is 20.9 Å². The van der Waals surface area contributed by atoms with Crippen LogP contribution in [-0.2, 0) is 11.2 Å². The van der Waals surface area contributed by atoms with Gasteiger partial charge in [-0.05, 0) is 12.1 Å². The van der Waals surface area contributed by atoms with E-state index in [1.807, 2.05) is 24.3 Å². The number of aromatic nitrogens is 1. The average molecular weight is 295 g/mol. The van der Waals surface area contributed by atoms with Crippen LogP contribution in [-0.4, -0.2) is 10.9 Å². The van der Waals surface area contributed by atoms with Crippen molar-refractivity contribution in [3.05, 3.63) is 40.8 Å². The van der Waals surface area contributed by atoms with Crippen molar-refractivity contribution in [2.75, 3.05) is 0 Å². The molecule has 1 aromatic carbocycles. The Hall–Kier alpha value is -1.62. The van der Waals surface area contributed by atoms with Crippen molar-refractivity contribution < 1.29 is 9.21 Å². The zero-order valence-electron chi connectivity index (χ0n) is 9.02. The number of primary amides is 1. The van der Waals surface area contributed by atoms with E-state index in [0.29, 0.717) is 18.1 Å². The Morgan fingerprint density at radius 1 is 1.35 bits per heavy atom. The van der Waals surface area contributed by atoms with Crippen LogP contribution in [0, 0.1) is 0 Å². The summed E-state index contributed by atoms with van der Waals surface area (Å²) in [6, 6.07) is 7.73. The molecule has 0 unspecified atom stereocenters. The lowest BCUT2D eigenvalue weighted by molar-refractivity contribution is -0.118. The van der Waals surface area contributed by atoms with E-state index >= 15 is 0 Å². The Bertz CT molecular complexity index is 520. The first-order valence-electron chi connectivity index (χ1n) is 5.14. The number of oxazole rings is 1. The van der Waals surface area contributed by atoms with Crippen molar-refractivity contribution in [2.24, 2.45) is 5.73 Å². The van der Waals surface area contributed by atoms with Gasteiger partial charge in [0.05, 0.1) is 6.20 Å². The highest BCUT2D eigenvalue weighted by molar-refractivity contribution is 9.10. The summed E-state index contributed by atoms with van der Waals surface area (Å²) in [5.41, 5.74) is 6.01. The minimum atomic E-state index is -0.353. The summed E-state index contributed by atoms with van der Waals surface area (Å²) in [7, 11) is 0. The Morgan fingerprint density at radius 3 is 2.71 bits per heavy atom. The van der Waals surface area contributed by atoms with Gasteiger partial charge in [0.15, 0.2) is 11.7 Å². The third kappa shape index (κ3) is 3.17. The predicted octanol–water partition coefficient (Wildman–Crippen LogP) is 2.52. The molecule has 0 spiro atoms. The summed E-state index contributed by atoms with van der Waals surface area (Å²) in [5, 5.41) is 0. The highest BCUT2D eigenvalue weighted by Gasteiger charge is 2.07. The number of benzene rings is 1. The van der Waals surface area contributed by atoms with Crippen molar-refractivity contribution in [3.63, 3.8) is 0 Å². The molecule has 0 saturated carbocycles. The van der Waals surface area contributed by atoms with E-state index in [1.54, 1.807) is 6.20 Å². The maximum atomic E-state index is 10.6. The minimum Gasteiger partial charge on any atom is -0.441 e. The number of carbonyl (C=O) groups is 1. The number of aryl methyl sites for hydroxylation is 1. The number of carbonyl (C=O) groups excluding carboxylic acids is 1. The van der Waals surface area contributed by atoms with Gasteiger partial charge in [0, 0.05) is 22.9 Å². The first-order valence-corrected chi connectivity index (χ1v) is 5.93. The zero-order chi connectivity index (χ0) is 12.3. The summed E-state index contributed by atoms with van der Waals surface area (Å²) in [5.74, 6) is 0.868. The maximum absolute atomic E-state index is 10.6. The topological polar surface area (TPSA) is 69.1 Å². The van der Waals surface area contributed by atoms with E-state index in [-0.39, 0.29) is 12.3 Å². The fourth-order valence-electron chi connectivity index (χ4n) is 1.40. The molecule has 88 valence electrons. The molecule has 5 heteroatoms. The lowest BCUT2D eigenvalue weighted by Gasteiger charge is -1.96. The van der Waals surface area contributed by atoms with Crippen LogP contribution >= 0.6 is 15.9 Å². The average Bonchev–Trinajstić information content (AvgIpc) is 2.76. The van der Waals surface area contributed by atoms with Gasteiger partial charge in [-0.25, -0.2) is 4.98 Å². The summed E-state index contributed by atoms with van der Waals surface area (Å²) >= 11 is 3.37. The number of rotatable bonds is 4. The van der Waals surface area contributed by atoms with E-state index in [9.17, 15) is 4.79 Å². The molecule has 0 aliphatic carbocycles. The highest BCUT2D eigenvalue weighted by Crippen LogP contribution is 2.22. The van der Waals surface area contributed by atoms with Crippen molar-refractivity contribution >= 4 is 21.8 Å². The lowest BCUT2D eigenvalue weighted by atomic mass is 10.2. The minimum absolute atomic E-state index is 0.250. The molecule has 1 heterocycles. The molecule has 1 amide bonds. The standard InChI is InChI=1S/C12H11BrN2O2/c13-9-3-1-8(2-4-9)10-7-15-12(17-10)6-5-11(14)16/h1-4,7H,5-6H2,(H2,14,16). The lowest BCUT2D eigenvalue weighted by Crippen LogP contribution is -2.11. The number of hydrogen-bond donors (Lipinski definition) is 1. The van der Waals surface area contributed by atoms with Gasteiger partial charge >= 0.3 is 0 Å². The number of nitrogens with two attached hydrogens (primary N) is 1. The van der Waals surface area contributed by atoms with Crippen LogP contribution < -0.4 is 5.73 Å². The zero-order valence-corrected chi connectivity index (χ0v) is 10.6. The van der Waals surface area contributed by atoms with Gasteiger partial charge in [0.1, 0.15) is 0 Å². The van der Waals surface area contributed by atoms with Crippen LogP contribution in [0.4, 0.5) is 0 Å². The Morgan fingerprint density at radius 2 is 2.06 bits per heavy atom. The van der Waals surface area contributed by atoms with Crippen LogP contribution in [0.1, 0.15) is 12.3 Å². The Balaban J connectivity index is 2.12. The van der Waals surface area contributed by atoms with Crippen LogP contribution in [0.3, 0.4) is 0 Å². The second-order valence-electron chi connectivity index (χ2n) is 3.59. The molecule has 0 radical (unpaired) electrons. The van der Waals surface area contributed by atoms with E-state index in [1.165, 1.54) is 0 Å². The normalized spacial score (nSPS) is 10.4. The summed E-state index contributed by atoms with van der Waals surface area (Å²) in [4.78, 5) is 14.7. The second kappa shape index (κ2) is 5.14. The molecule has 0 aliphatic rings. The van der Waals surface area contributed by atoms with Gasteiger partial charge in [0.25, 0.3) is 0 Å². The van der Waals surface area contributed by atoms with Crippen LogP contribution in [0.5, 0.6) is 0 Å². The monoisotopic (exact) mass is 294 g/mol. The quantitative estimate of drug-likeness (QED) is 0.942. The van der Waals surface area contributed by atoms with Crippen molar-refractivity contribution in [3.8, 4) is 11.3 Å². The smallest absolute Gasteiger partial charge is 0.217 e. The van der Waals surface area contributed by atoms with Crippen LogP contribution in [0.2, 0.25) is 0 Å². The molecule has 2 rings (SSSR count). The molecule has 0 bridgehead atoms. The molecule has 2 N–H and O–H groups in total. The first kappa shape index (κ1) is 11.9. The van der Waals surface area contributed by atoms with Gasteiger partial charge in [-0.2, -0.15) is 0 Å². The Labute approximate surface area is 107 Å². The van der Waals surface area contributed by atoms with Crippen molar-refractivity contribution in [2.45, 2.75) is 12.8 Å². The summed E-state index contributed by atoms with van der Waals surface area (Å²) in [6.07, 6.45) is 2.34. The van der Waals surface area contributed by atoms with Crippen molar-refractivity contribution in [1.82, 2.24) is 4.98 Å². The van der Waals surface area contributed by atoms with Gasteiger partial charge in [-0.3, -0.25) is 4.79 Å². The molecule has 4 nitrogen and oxygen atoms in total. The fraction of sp³-hybridized carbons (Fsp3) is 0.167. The molecule has 0 fully saturated rings. The molecular formula is C12H11BrN2O2. The molecule has 0 atom stereocenters. The molecular weight excluding hydrogens is 284 g/mol. The third-order valence-electron chi connectivity index (χ3n) is 2.27. The molecule has 17 heavy (non-hydrogen) atoms. The SMILES string of the molecule is NC(=O)CCc1ncc(-c2ccc(Br)cc2)o1. The van der Waals surface area contributed by atoms with E-state index in [4.69, 9.17) is 10.2 Å². The second-order valence-corrected chi connectivity index (χ2v) is 4.51. The van der Waals surface area contributed by atoms with Crippen LogP contribution in [0.25, 0.3) is 11.3 Å². The van der Waals surface area contributed by atoms with E-state index in [0.717, 1.165) is 10.0 Å². The number of nitrogens with zero attached hydrogens (tertiary/aromatic N) is 1. The predicted molar refractivity (Wildman–Crippen MR) is 67.2 cm³/mol. The summed E-state index contributed by atoms with van der Waals surface area (Å²) < 4.78 is 6.53. The number of amides is 1. The van der Waals surface area contributed by atoms with Gasteiger partial charge in [-0.15, -0.1) is 0 Å². The Kier molecular flexibility index (Phi) is 3.58. The third-order valence-corrected chi connectivity index (χ3v) is 2.80. The van der Waals surface area contributed by atoms with Gasteiger partial charge in [0.2, 0.25) is 5.91 Å². The maximum Gasteiger partial charge on any atom is 0.217 e. The number of hydrogen-bond acceptors (Lipinski definition) is 3. The fourth-order valence-corrected chi connectivity index (χ4v) is 1.67. The molecule has 0 aliphatic heterocycles. The molecule has 0 saturated heterocycles. The largest absolute Gasteiger partial charge is 0.441 e. The van der Waals surface area contributed by atoms with Gasteiger partial charge in [-0.1, -0.05) is 28.1 Å². The van der Waals surface area contributed by atoms with Crippen LogP contribution in [0.15, 0.2) is 39.4 Å². The van der Waals surface area contributed by atoms with E-state index < -0.39 is 0 Å². The van der Waals surface area contributed by atoms with Crippen molar-refractivity contribution in [1.29, 1.82) is 0 Å². The van der Waals surface area contributed by atoms with Gasteiger partial charge < -0.3 is 10.2 Å². The molecule has 1 aromatic heterocycles. The summed E-state index contributed by atoms with van der Waals surface area (Å²) in [6.45, 7) is 0. The highest BCUT2D eigenvalue weighted by atomic mass is 79.9.